The van der Waals surface area contributed by atoms with Gasteiger partial charge in [0.1, 0.15) is 13.2 Å². The van der Waals surface area contributed by atoms with E-state index in [0.29, 0.717) is 25.0 Å². The summed E-state index contributed by atoms with van der Waals surface area (Å²) in [6.45, 7) is 0.942. The van der Waals surface area contributed by atoms with Crippen molar-refractivity contribution >= 4 is 11.8 Å². The van der Waals surface area contributed by atoms with Crippen molar-refractivity contribution in [2.24, 2.45) is 15.4 Å². The molecule has 0 aromatic heterocycles. The third-order valence-electron chi connectivity index (χ3n) is 5.40. The highest BCUT2D eigenvalue weighted by molar-refractivity contribution is 6.09. The molecule has 4 heteroatoms. The average Bonchev–Trinajstić information content (AvgIpc) is 3.44. The van der Waals surface area contributed by atoms with Gasteiger partial charge in [0.2, 0.25) is 11.8 Å². The molecule has 0 radical (unpaired) electrons. The first kappa shape index (κ1) is 19.8. The summed E-state index contributed by atoms with van der Waals surface area (Å²) in [5.41, 5.74) is 1.36. The Balaban J connectivity index is 1.56. The lowest BCUT2D eigenvalue weighted by molar-refractivity contribution is 0.270. The lowest BCUT2D eigenvalue weighted by Crippen LogP contribution is -2.38. The van der Waals surface area contributed by atoms with Gasteiger partial charge < -0.3 is 9.47 Å². The molecule has 0 unspecified atom stereocenters. The van der Waals surface area contributed by atoms with Crippen LogP contribution in [0.15, 0.2) is 70.6 Å². The Bertz CT molecular complexity index is 945. The van der Waals surface area contributed by atoms with Crippen molar-refractivity contribution in [3.05, 3.63) is 71.8 Å². The van der Waals surface area contributed by atoms with Crippen LogP contribution in [-0.2, 0) is 22.3 Å². The second kappa shape index (κ2) is 8.89. The fraction of sp³-hybridized carbons (Fsp3) is 0.308. The summed E-state index contributed by atoms with van der Waals surface area (Å²) in [5, 5.41) is 0. The Hall–Kier alpha value is -3.50. The van der Waals surface area contributed by atoms with Crippen LogP contribution in [0.25, 0.3) is 0 Å². The topological polar surface area (TPSA) is 43.2 Å². The van der Waals surface area contributed by atoms with E-state index in [1.807, 2.05) is 36.4 Å². The van der Waals surface area contributed by atoms with Crippen LogP contribution in [0.2, 0.25) is 0 Å². The second-order valence-electron chi connectivity index (χ2n) is 7.61. The molecule has 30 heavy (non-hydrogen) atoms. The summed E-state index contributed by atoms with van der Waals surface area (Å²) in [6.07, 6.45) is 13.5. The van der Waals surface area contributed by atoms with E-state index >= 15 is 0 Å². The lowest BCUT2D eigenvalue weighted by Gasteiger charge is -2.24. The van der Waals surface area contributed by atoms with Crippen molar-refractivity contribution in [3.63, 3.8) is 0 Å². The van der Waals surface area contributed by atoms with Gasteiger partial charge in [0.25, 0.3) is 0 Å². The molecule has 0 aliphatic carbocycles. The fourth-order valence-corrected chi connectivity index (χ4v) is 3.85. The fourth-order valence-electron chi connectivity index (χ4n) is 3.85. The van der Waals surface area contributed by atoms with Crippen LogP contribution in [0.5, 0.6) is 0 Å². The molecule has 2 aliphatic rings. The normalized spacial score (nSPS) is 20.3. The second-order valence-corrected chi connectivity index (χ2v) is 7.61. The molecule has 4 nitrogen and oxygen atoms in total. The van der Waals surface area contributed by atoms with Crippen molar-refractivity contribution in [1.82, 2.24) is 0 Å². The van der Waals surface area contributed by atoms with Gasteiger partial charge >= 0.3 is 0 Å². The number of terminal acetylenes is 2. The maximum atomic E-state index is 5.98. The minimum absolute atomic E-state index is 0.00461. The van der Waals surface area contributed by atoms with Crippen LogP contribution in [-0.4, -0.2) is 37.1 Å². The lowest BCUT2D eigenvalue weighted by atomic mass is 9.84. The third-order valence-corrected chi connectivity index (χ3v) is 5.40. The molecule has 0 saturated carbocycles. The number of hydrogen-bond donors (Lipinski definition) is 0. The number of hydrogen-bond acceptors (Lipinski definition) is 4. The molecule has 2 aliphatic heterocycles. The highest BCUT2D eigenvalue weighted by Gasteiger charge is 2.47. The first-order valence-corrected chi connectivity index (χ1v) is 10.1. The molecule has 0 saturated heterocycles. The predicted molar refractivity (Wildman–Crippen MR) is 119 cm³/mol. The predicted octanol–water partition coefficient (Wildman–Crippen LogP) is 3.71. The number of nitrogens with zero attached hydrogens (tertiary/aromatic N) is 2. The van der Waals surface area contributed by atoms with Crippen LogP contribution < -0.4 is 0 Å². The molecule has 0 spiro atoms. The Labute approximate surface area is 178 Å². The van der Waals surface area contributed by atoms with Gasteiger partial charge in [0.15, 0.2) is 5.41 Å². The van der Waals surface area contributed by atoms with E-state index in [1.54, 1.807) is 0 Å². The van der Waals surface area contributed by atoms with Crippen LogP contribution >= 0.6 is 0 Å². The molecule has 2 heterocycles. The van der Waals surface area contributed by atoms with E-state index in [-0.39, 0.29) is 18.5 Å². The minimum Gasteiger partial charge on any atom is -0.477 e. The summed E-state index contributed by atoms with van der Waals surface area (Å²) in [7, 11) is 0. The Morgan fingerprint density at radius 2 is 1.27 bits per heavy atom. The van der Waals surface area contributed by atoms with Crippen LogP contribution in [0.3, 0.4) is 0 Å². The molecule has 2 atom stereocenters. The van der Waals surface area contributed by atoms with E-state index in [1.165, 1.54) is 11.1 Å². The van der Waals surface area contributed by atoms with Crippen molar-refractivity contribution in [2.75, 3.05) is 13.2 Å². The zero-order valence-corrected chi connectivity index (χ0v) is 16.8. The monoisotopic (exact) mass is 396 g/mol. The maximum Gasteiger partial charge on any atom is 0.213 e. The van der Waals surface area contributed by atoms with E-state index in [4.69, 9.17) is 32.3 Å². The minimum atomic E-state index is -1.05. The molecule has 4 rings (SSSR count). The van der Waals surface area contributed by atoms with E-state index in [0.717, 1.165) is 12.8 Å². The number of aliphatic imine (C=N–C) groups is 2. The summed E-state index contributed by atoms with van der Waals surface area (Å²) in [5.74, 6) is 6.39. The van der Waals surface area contributed by atoms with Gasteiger partial charge in [0.05, 0.1) is 12.1 Å². The quantitative estimate of drug-likeness (QED) is 0.670. The Kier molecular flexibility index (Phi) is 5.87. The molecule has 2 aromatic rings. The van der Waals surface area contributed by atoms with E-state index < -0.39 is 5.41 Å². The average molecular weight is 396 g/mol. The highest BCUT2D eigenvalue weighted by atomic mass is 16.5. The van der Waals surface area contributed by atoms with Crippen molar-refractivity contribution in [3.8, 4) is 24.7 Å². The van der Waals surface area contributed by atoms with Gasteiger partial charge in [-0.2, -0.15) is 0 Å². The first-order chi connectivity index (χ1) is 14.7. The molecule has 0 bridgehead atoms. The molecule has 0 fully saturated rings. The summed E-state index contributed by atoms with van der Waals surface area (Å²) in [6, 6.07) is 20.4. The summed E-state index contributed by atoms with van der Waals surface area (Å²) < 4.78 is 11.9. The van der Waals surface area contributed by atoms with Gasteiger partial charge in [0, 0.05) is 6.42 Å². The largest absolute Gasteiger partial charge is 0.477 e. The third kappa shape index (κ3) is 4.09. The number of rotatable bonds is 7. The standard InChI is InChI=1S/C26H24N2O2/c1-3-15-26(4-2,24-27-22(18-29-24)16-20-11-7-5-8-12-20)25-28-23(19-30-25)17-21-13-9-6-10-14-21/h1-2,5-14,22-23H,15-19H2/t22-,23-/m0/s1. The molecule has 150 valence electrons. The summed E-state index contributed by atoms with van der Waals surface area (Å²) >= 11 is 0. The van der Waals surface area contributed by atoms with Gasteiger partial charge in [-0.15, -0.1) is 18.8 Å². The number of ether oxygens (including phenoxy) is 2. The maximum absolute atomic E-state index is 5.98. The molecular weight excluding hydrogens is 372 g/mol. The zero-order chi connectivity index (χ0) is 20.8. The summed E-state index contributed by atoms with van der Waals surface area (Å²) in [4.78, 5) is 9.59. The smallest absolute Gasteiger partial charge is 0.213 e. The number of benzene rings is 2. The van der Waals surface area contributed by atoms with Gasteiger partial charge in [-0.25, -0.2) is 9.98 Å². The molecule has 0 amide bonds. The van der Waals surface area contributed by atoms with Gasteiger partial charge in [-0.05, 0) is 24.0 Å². The van der Waals surface area contributed by atoms with Crippen LogP contribution in [0.4, 0.5) is 0 Å². The Morgan fingerprint density at radius 3 is 1.67 bits per heavy atom. The van der Waals surface area contributed by atoms with Gasteiger partial charge in [-0.3, -0.25) is 0 Å². The van der Waals surface area contributed by atoms with Crippen LogP contribution in [0, 0.1) is 30.1 Å². The van der Waals surface area contributed by atoms with Crippen molar-refractivity contribution in [1.29, 1.82) is 0 Å². The molecule has 0 N–H and O–H groups in total. The van der Waals surface area contributed by atoms with Gasteiger partial charge in [-0.1, -0.05) is 66.6 Å². The van der Waals surface area contributed by atoms with Crippen LogP contribution in [0.1, 0.15) is 17.5 Å². The molecule has 2 aromatic carbocycles. The van der Waals surface area contributed by atoms with Crippen molar-refractivity contribution < 1.29 is 9.47 Å². The zero-order valence-electron chi connectivity index (χ0n) is 16.8. The van der Waals surface area contributed by atoms with Crippen molar-refractivity contribution in [2.45, 2.75) is 31.3 Å². The highest BCUT2D eigenvalue weighted by Crippen LogP contribution is 2.33. The SMILES string of the molecule is C#CCC(C#C)(C1=N[C@@H](Cc2ccccc2)CO1)C1=N[C@@H](Cc2ccccc2)CO1. The Morgan fingerprint density at radius 1 is 0.800 bits per heavy atom. The first-order valence-electron chi connectivity index (χ1n) is 10.1. The molecular formula is C26H24N2O2. The van der Waals surface area contributed by atoms with E-state index in [2.05, 4.69) is 36.1 Å². The van der Waals surface area contributed by atoms with E-state index in [9.17, 15) is 0 Å².